The monoisotopic (exact) mass is 260 g/mol. The molecule has 0 radical (unpaired) electrons. The van der Waals surface area contributed by atoms with Crippen LogP contribution < -0.4 is 0 Å². The predicted octanol–water partition coefficient (Wildman–Crippen LogP) is 2.46. The van der Waals surface area contributed by atoms with Crippen LogP contribution in [0.2, 0.25) is 25.7 Å². The molecule has 0 aromatic heterocycles. The molecule has 0 unspecified atom stereocenters. The molecule has 0 N–H and O–H groups in total. The first-order valence-corrected chi connectivity index (χ1v) is 9.72. The van der Waals surface area contributed by atoms with E-state index in [9.17, 15) is 9.59 Å². The summed E-state index contributed by atoms with van der Waals surface area (Å²) in [7, 11) is -1.58. The van der Waals surface area contributed by atoms with Gasteiger partial charge in [0, 0.05) is 8.07 Å². The summed E-state index contributed by atoms with van der Waals surface area (Å²) in [6, 6.07) is 0.539. The van der Waals surface area contributed by atoms with Crippen molar-refractivity contribution in [1.82, 2.24) is 0 Å². The molecule has 0 rings (SSSR count). The summed E-state index contributed by atoms with van der Waals surface area (Å²) in [5, 5.41) is 0. The van der Waals surface area contributed by atoms with Crippen LogP contribution in [0.1, 0.15) is 20.8 Å². The lowest BCUT2D eigenvalue weighted by molar-refractivity contribution is -0.169. The highest BCUT2D eigenvalue weighted by molar-refractivity contribution is 6.76. The average molecular weight is 260 g/mol. The second-order valence-electron chi connectivity index (χ2n) is 5.51. The summed E-state index contributed by atoms with van der Waals surface area (Å²) in [6.45, 7) is 12.0. The maximum atomic E-state index is 12.0. The molecule has 0 aliphatic rings. The first-order valence-electron chi connectivity index (χ1n) is 6.02. The molecule has 0 saturated carbocycles. The van der Waals surface area contributed by atoms with Gasteiger partial charge in [-0.15, -0.1) is 0 Å². The van der Waals surface area contributed by atoms with Crippen LogP contribution in [0.25, 0.3) is 0 Å². The van der Waals surface area contributed by atoms with Gasteiger partial charge in [0.05, 0.1) is 13.2 Å². The quantitative estimate of drug-likeness (QED) is 0.418. The molecule has 17 heavy (non-hydrogen) atoms. The van der Waals surface area contributed by atoms with Gasteiger partial charge in [-0.05, 0) is 26.8 Å². The van der Waals surface area contributed by atoms with Gasteiger partial charge in [-0.2, -0.15) is 0 Å². The van der Waals surface area contributed by atoms with Crippen LogP contribution in [-0.2, 0) is 19.1 Å². The van der Waals surface area contributed by atoms with Crippen molar-refractivity contribution < 1.29 is 19.1 Å². The van der Waals surface area contributed by atoms with Crippen LogP contribution in [0.4, 0.5) is 0 Å². The number of hydrogen-bond donors (Lipinski definition) is 0. The maximum Gasteiger partial charge on any atom is 0.322 e. The van der Waals surface area contributed by atoms with E-state index in [1.165, 1.54) is 0 Å². The Labute approximate surface area is 105 Å². The molecule has 5 heteroatoms. The first kappa shape index (κ1) is 16.2. The largest absolute Gasteiger partial charge is 0.465 e. The van der Waals surface area contributed by atoms with Crippen molar-refractivity contribution in [3.05, 3.63) is 0 Å². The van der Waals surface area contributed by atoms with Crippen LogP contribution in [0.15, 0.2) is 0 Å². The molecule has 0 bridgehead atoms. The maximum absolute atomic E-state index is 12.0. The van der Waals surface area contributed by atoms with Gasteiger partial charge in [-0.1, -0.05) is 19.6 Å². The number of esters is 2. The van der Waals surface area contributed by atoms with Crippen LogP contribution in [0, 0.1) is 5.41 Å². The molecule has 0 atom stereocenters. The Morgan fingerprint density at radius 3 is 1.59 bits per heavy atom. The topological polar surface area (TPSA) is 52.6 Å². The van der Waals surface area contributed by atoms with Crippen molar-refractivity contribution >= 4 is 20.0 Å². The first-order chi connectivity index (χ1) is 7.67. The van der Waals surface area contributed by atoms with E-state index in [1.54, 1.807) is 20.8 Å². The van der Waals surface area contributed by atoms with Gasteiger partial charge in [0.25, 0.3) is 0 Å². The highest BCUT2D eigenvalue weighted by atomic mass is 28.3. The van der Waals surface area contributed by atoms with E-state index in [4.69, 9.17) is 9.47 Å². The smallest absolute Gasteiger partial charge is 0.322 e. The normalized spacial score (nSPS) is 12.1. The SMILES string of the molecule is CCOC(=O)C(C)(C[Si](C)(C)C)C(=O)OCC. The van der Waals surface area contributed by atoms with E-state index in [1.807, 2.05) is 0 Å². The van der Waals surface area contributed by atoms with Crippen LogP contribution in [0.5, 0.6) is 0 Å². The number of ether oxygens (including phenoxy) is 2. The Bertz CT molecular complexity index is 263. The fourth-order valence-electron chi connectivity index (χ4n) is 1.87. The van der Waals surface area contributed by atoms with E-state index >= 15 is 0 Å². The van der Waals surface area contributed by atoms with Gasteiger partial charge in [0.1, 0.15) is 0 Å². The molecule has 0 aliphatic carbocycles. The third-order valence-electron chi connectivity index (χ3n) is 2.34. The minimum Gasteiger partial charge on any atom is -0.465 e. The van der Waals surface area contributed by atoms with Crippen molar-refractivity contribution in [1.29, 1.82) is 0 Å². The third-order valence-corrected chi connectivity index (χ3v) is 4.10. The third kappa shape index (κ3) is 4.89. The highest BCUT2D eigenvalue weighted by Gasteiger charge is 2.47. The zero-order valence-electron chi connectivity index (χ0n) is 11.8. The molecule has 0 heterocycles. The highest BCUT2D eigenvalue weighted by Crippen LogP contribution is 2.32. The van der Waals surface area contributed by atoms with E-state index in [-0.39, 0.29) is 13.2 Å². The van der Waals surface area contributed by atoms with E-state index in [0.717, 1.165) is 0 Å². The van der Waals surface area contributed by atoms with Crippen molar-refractivity contribution in [2.45, 2.75) is 46.5 Å². The lowest BCUT2D eigenvalue weighted by atomic mass is 9.93. The van der Waals surface area contributed by atoms with Crippen LogP contribution in [-0.4, -0.2) is 33.2 Å². The molecule has 0 aromatic carbocycles. The lowest BCUT2D eigenvalue weighted by Crippen LogP contribution is -2.44. The van der Waals surface area contributed by atoms with Gasteiger partial charge in [-0.25, -0.2) is 0 Å². The molecule has 0 spiro atoms. The minimum atomic E-state index is -1.58. The van der Waals surface area contributed by atoms with Crippen molar-refractivity contribution in [3.8, 4) is 0 Å². The molecule has 0 saturated heterocycles. The van der Waals surface area contributed by atoms with Crippen molar-refractivity contribution in [2.75, 3.05) is 13.2 Å². The molecular formula is C12H24O4Si. The summed E-state index contributed by atoms with van der Waals surface area (Å²) < 4.78 is 10.0. The Balaban J connectivity index is 5.06. The minimum absolute atomic E-state index is 0.277. The van der Waals surface area contributed by atoms with Gasteiger partial charge in [0.2, 0.25) is 0 Å². The average Bonchev–Trinajstić information content (AvgIpc) is 2.15. The Morgan fingerprint density at radius 2 is 1.35 bits per heavy atom. The zero-order valence-corrected chi connectivity index (χ0v) is 12.8. The fraction of sp³-hybridized carbons (Fsp3) is 0.833. The van der Waals surface area contributed by atoms with E-state index in [2.05, 4.69) is 19.6 Å². The van der Waals surface area contributed by atoms with Crippen LogP contribution >= 0.6 is 0 Å². The second-order valence-corrected chi connectivity index (χ2v) is 11.0. The van der Waals surface area contributed by atoms with Gasteiger partial charge >= 0.3 is 11.9 Å². The number of hydrogen-bond acceptors (Lipinski definition) is 4. The molecule has 100 valence electrons. The second kappa shape index (κ2) is 6.19. The molecule has 0 aromatic rings. The van der Waals surface area contributed by atoms with Crippen molar-refractivity contribution in [3.63, 3.8) is 0 Å². The van der Waals surface area contributed by atoms with Gasteiger partial charge in [0.15, 0.2) is 5.41 Å². The van der Waals surface area contributed by atoms with E-state index < -0.39 is 25.4 Å². The molecule has 0 amide bonds. The summed E-state index contributed by atoms with van der Waals surface area (Å²) in [6.07, 6.45) is 0. The summed E-state index contributed by atoms with van der Waals surface area (Å²) in [4.78, 5) is 23.9. The Hall–Kier alpha value is -0.843. The van der Waals surface area contributed by atoms with Gasteiger partial charge in [-0.3, -0.25) is 9.59 Å². The van der Waals surface area contributed by atoms with E-state index in [0.29, 0.717) is 6.04 Å². The molecule has 0 fully saturated rings. The summed E-state index contributed by atoms with van der Waals surface area (Å²) >= 11 is 0. The predicted molar refractivity (Wildman–Crippen MR) is 69.5 cm³/mol. The molecular weight excluding hydrogens is 236 g/mol. The fourth-order valence-corrected chi connectivity index (χ4v) is 4.28. The molecule has 0 aliphatic heterocycles. The molecule has 4 nitrogen and oxygen atoms in total. The summed E-state index contributed by atoms with van der Waals surface area (Å²) in [5.41, 5.74) is -1.16. The zero-order chi connectivity index (χ0) is 13.7. The lowest BCUT2D eigenvalue weighted by Gasteiger charge is -2.30. The van der Waals surface area contributed by atoms with Gasteiger partial charge < -0.3 is 9.47 Å². The number of carbonyl (C=O) groups excluding carboxylic acids is 2. The van der Waals surface area contributed by atoms with Crippen molar-refractivity contribution in [2.24, 2.45) is 5.41 Å². The Kier molecular flexibility index (Phi) is 5.88. The van der Waals surface area contributed by atoms with Crippen LogP contribution in [0.3, 0.4) is 0 Å². The number of rotatable bonds is 6. The standard InChI is InChI=1S/C12H24O4Si/c1-7-15-10(13)12(3,9-17(4,5)6)11(14)16-8-2/h7-9H2,1-6H3. The Morgan fingerprint density at radius 1 is 1.00 bits per heavy atom. The summed E-state index contributed by atoms with van der Waals surface area (Å²) in [5.74, 6) is -0.943. The number of carbonyl (C=O) groups is 2.